The van der Waals surface area contributed by atoms with Gasteiger partial charge in [-0.05, 0) is 49.8 Å². The molecule has 0 bridgehead atoms. The lowest BCUT2D eigenvalue weighted by molar-refractivity contribution is 0.159. The van der Waals surface area contributed by atoms with E-state index < -0.39 is 0 Å². The number of halogens is 1. The minimum absolute atomic E-state index is 0. The topological polar surface area (TPSA) is 44.6 Å². The van der Waals surface area contributed by atoms with Crippen LogP contribution in [0.3, 0.4) is 0 Å². The lowest BCUT2D eigenvalue weighted by Crippen LogP contribution is -2.45. The van der Waals surface area contributed by atoms with Gasteiger partial charge in [0.1, 0.15) is 0 Å². The molecule has 1 unspecified atom stereocenters. The Hall–Kier alpha value is -0.760. The van der Waals surface area contributed by atoms with Crippen LogP contribution in [0.1, 0.15) is 39.2 Å². The van der Waals surface area contributed by atoms with Crippen molar-refractivity contribution < 1.29 is 0 Å². The van der Waals surface area contributed by atoms with Crippen LogP contribution < -0.4 is 10.6 Å². The van der Waals surface area contributed by atoms with Gasteiger partial charge in [0, 0.05) is 45.6 Å². The quantitative estimate of drug-likeness (QED) is 0.373. The Balaban J connectivity index is 0.00000312. The Bertz CT molecular complexity index is 512. The van der Waals surface area contributed by atoms with E-state index in [-0.39, 0.29) is 24.0 Å². The fraction of sp³-hybridized carbons (Fsp3) is 0.737. The first-order chi connectivity index (χ1) is 11.6. The summed E-state index contributed by atoms with van der Waals surface area (Å²) in [4.78, 5) is 7.34. The zero-order valence-corrected chi connectivity index (χ0v) is 18.6. The van der Waals surface area contributed by atoms with E-state index in [2.05, 4.69) is 59.3 Å². The van der Waals surface area contributed by atoms with Crippen LogP contribution in [0.4, 0.5) is 0 Å². The first-order valence-corrected chi connectivity index (χ1v) is 9.42. The van der Waals surface area contributed by atoms with Crippen LogP contribution in [-0.4, -0.2) is 48.2 Å². The molecule has 1 aliphatic rings. The molecule has 2 rings (SSSR count). The molecule has 0 saturated carbocycles. The van der Waals surface area contributed by atoms with Crippen molar-refractivity contribution in [2.24, 2.45) is 23.9 Å². The van der Waals surface area contributed by atoms with Gasteiger partial charge in [0.15, 0.2) is 5.96 Å². The molecule has 0 aromatic carbocycles. The number of piperidine rings is 1. The largest absolute Gasteiger partial charge is 0.357 e. The molecular weight excluding hydrogens is 425 g/mol. The number of hydrogen-bond donors (Lipinski definition) is 2. The maximum Gasteiger partial charge on any atom is 0.191 e. The summed E-state index contributed by atoms with van der Waals surface area (Å²) in [7, 11) is 2.04. The Morgan fingerprint density at radius 3 is 2.80 bits per heavy atom. The highest BCUT2D eigenvalue weighted by molar-refractivity contribution is 14.0. The molecule has 2 N–H and O–H groups in total. The number of aryl methyl sites for hydroxylation is 1. The summed E-state index contributed by atoms with van der Waals surface area (Å²) >= 11 is 0. The van der Waals surface area contributed by atoms with E-state index in [0.717, 1.165) is 37.4 Å². The highest BCUT2D eigenvalue weighted by atomic mass is 127. The van der Waals surface area contributed by atoms with Crippen molar-refractivity contribution in [1.29, 1.82) is 0 Å². The van der Waals surface area contributed by atoms with Crippen molar-refractivity contribution in [2.45, 2.75) is 40.2 Å². The second-order valence-corrected chi connectivity index (χ2v) is 7.42. The van der Waals surface area contributed by atoms with E-state index in [1.165, 1.54) is 38.0 Å². The third kappa shape index (κ3) is 8.44. The van der Waals surface area contributed by atoms with Crippen LogP contribution in [0.5, 0.6) is 0 Å². The predicted molar refractivity (Wildman–Crippen MR) is 118 cm³/mol. The van der Waals surface area contributed by atoms with Crippen LogP contribution in [-0.2, 0) is 13.6 Å². The predicted octanol–water partition coefficient (Wildman–Crippen LogP) is 3.07. The number of likely N-dealkylation sites (tertiary alicyclic amines) is 1. The normalized spacial score (nSPS) is 18.9. The van der Waals surface area contributed by atoms with Crippen molar-refractivity contribution in [3.63, 3.8) is 0 Å². The Morgan fingerprint density at radius 2 is 2.16 bits per heavy atom. The molecule has 6 heteroatoms. The number of aromatic nitrogens is 1. The van der Waals surface area contributed by atoms with Gasteiger partial charge < -0.3 is 20.1 Å². The van der Waals surface area contributed by atoms with Gasteiger partial charge in [0.05, 0.1) is 6.54 Å². The second kappa shape index (κ2) is 11.8. The maximum absolute atomic E-state index is 4.72. The van der Waals surface area contributed by atoms with Gasteiger partial charge in [0.25, 0.3) is 0 Å². The molecule has 1 aliphatic heterocycles. The summed E-state index contributed by atoms with van der Waals surface area (Å²) in [5, 5.41) is 6.91. The zero-order chi connectivity index (χ0) is 17.4. The molecule has 1 aromatic rings. The number of guanidine groups is 1. The molecule has 144 valence electrons. The summed E-state index contributed by atoms with van der Waals surface area (Å²) in [6, 6.07) is 2.12. The summed E-state index contributed by atoms with van der Waals surface area (Å²) in [5.74, 6) is 2.40. The molecule has 0 aliphatic carbocycles. The van der Waals surface area contributed by atoms with Crippen molar-refractivity contribution in [3.8, 4) is 0 Å². The molecule has 0 amide bonds. The maximum atomic E-state index is 4.72. The van der Waals surface area contributed by atoms with E-state index in [0.29, 0.717) is 0 Å². The molecule has 2 heterocycles. The third-order valence-corrected chi connectivity index (χ3v) is 4.44. The van der Waals surface area contributed by atoms with Gasteiger partial charge in [-0.15, -0.1) is 24.0 Å². The van der Waals surface area contributed by atoms with Crippen LogP contribution in [0.25, 0.3) is 0 Å². The summed E-state index contributed by atoms with van der Waals surface area (Å²) < 4.78 is 2.07. The SMILES string of the molecule is CCNC(=NCc1ccn(C)c1)NCC1CCCN(CC(C)C)C1.I. The number of aliphatic imine (C=N–C) groups is 1. The highest BCUT2D eigenvalue weighted by Crippen LogP contribution is 2.16. The number of nitrogens with one attached hydrogen (secondary N) is 2. The molecule has 0 spiro atoms. The summed E-state index contributed by atoms with van der Waals surface area (Å²) in [6.07, 6.45) is 6.82. The monoisotopic (exact) mass is 461 g/mol. The molecule has 1 saturated heterocycles. The number of rotatable bonds is 7. The third-order valence-electron chi connectivity index (χ3n) is 4.44. The van der Waals surface area contributed by atoms with E-state index in [1.54, 1.807) is 0 Å². The van der Waals surface area contributed by atoms with Crippen LogP contribution >= 0.6 is 24.0 Å². The molecule has 0 radical (unpaired) electrons. The van der Waals surface area contributed by atoms with Gasteiger partial charge in [-0.1, -0.05) is 13.8 Å². The Kier molecular flexibility index (Phi) is 10.5. The Morgan fingerprint density at radius 1 is 1.36 bits per heavy atom. The molecular formula is C19H36IN5. The van der Waals surface area contributed by atoms with Crippen molar-refractivity contribution in [2.75, 3.05) is 32.7 Å². The molecule has 25 heavy (non-hydrogen) atoms. The number of hydrogen-bond acceptors (Lipinski definition) is 2. The molecule has 1 fully saturated rings. The minimum atomic E-state index is 0. The average Bonchev–Trinajstić information content (AvgIpc) is 2.95. The van der Waals surface area contributed by atoms with Crippen molar-refractivity contribution in [3.05, 3.63) is 24.0 Å². The van der Waals surface area contributed by atoms with Gasteiger partial charge >= 0.3 is 0 Å². The van der Waals surface area contributed by atoms with Gasteiger partial charge in [0.2, 0.25) is 0 Å². The molecule has 1 aromatic heterocycles. The van der Waals surface area contributed by atoms with E-state index in [4.69, 9.17) is 4.99 Å². The van der Waals surface area contributed by atoms with Crippen molar-refractivity contribution in [1.82, 2.24) is 20.1 Å². The van der Waals surface area contributed by atoms with Crippen LogP contribution in [0.15, 0.2) is 23.5 Å². The van der Waals surface area contributed by atoms with Gasteiger partial charge in [-0.3, -0.25) is 0 Å². The lowest BCUT2D eigenvalue weighted by Gasteiger charge is -2.34. The summed E-state index contributed by atoms with van der Waals surface area (Å²) in [5.41, 5.74) is 1.25. The number of nitrogens with zero attached hydrogens (tertiary/aromatic N) is 3. The van der Waals surface area contributed by atoms with E-state index in [1.807, 2.05) is 7.05 Å². The molecule has 1 atom stereocenters. The fourth-order valence-corrected chi connectivity index (χ4v) is 3.41. The van der Waals surface area contributed by atoms with Crippen molar-refractivity contribution >= 4 is 29.9 Å². The van der Waals surface area contributed by atoms with Gasteiger partial charge in [-0.25, -0.2) is 4.99 Å². The van der Waals surface area contributed by atoms with Crippen LogP contribution in [0, 0.1) is 11.8 Å². The van der Waals surface area contributed by atoms with E-state index >= 15 is 0 Å². The standard InChI is InChI=1S/C19H35N5.HI/c1-5-20-19(22-12-18-8-10-23(4)14-18)21-11-17-7-6-9-24(15-17)13-16(2)3;/h8,10,14,16-17H,5-7,9,11-13,15H2,1-4H3,(H2,20,21,22);1H. The average molecular weight is 461 g/mol. The fourth-order valence-electron chi connectivity index (χ4n) is 3.41. The lowest BCUT2D eigenvalue weighted by atomic mass is 9.97. The van der Waals surface area contributed by atoms with Crippen LogP contribution in [0.2, 0.25) is 0 Å². The zero-order valence-electron chi connectivity index (χ0n) is 16.3. The first kappa shape index (κ1) is 22.3. The Labute approximate surface area is 170 Å². The first-order valence-electron chi connectivity index (χ1n) is 9.42. The second-order valence-electron chi connectivity index (χ2n) is 7.42. The smallest absolute Gasteiger partial charge is 0.191 e. The highest BCUT2D eigenvalue weighted by Gasteiger charge is 2.20. The molecule has 5 nitrogen and oxygen atoms in total. The minimum Gasteiger partial charge on any atom is -0.357 e. The van der Waals surface area contributed by atoms with Gasteiger partial charge in [-0.2, -0.15) is 0 Å². The van der Waals surface area contributed by atoms with E-state index in [9.17, 15) is 0 Å². The summed E-state index contributed by atoms with van der Waals surface area (Å²) in [6.45, 7) is 13.0.